The molecule has 1 aromatic heterocycles. The topological polar surface area (TPSA) is 76.1 Å². The summed E-state index contributed by atoms with van der Waals surface area (Å²) in [6, 6.07) is 15.2. The summed E-state index contributed by atoms with van der Waals surface area (Å²) in [5.41, 5.74) is 1.36. The fourth-order valence-electron chi connectivity index (χ4n) is 2.69. The van der Waals surface area contributed by atoms with Gasteiger partial charge >= 0.3 is 0 Å². The molecule has 3 aromatic rings. The third kappa shape index (κ3) is 5.75. The Bertz CT molecular complexity index is 990. The summed E-state index contributed by atoms with van der Waals surface area (Å²) in [5, 5.41) is 5.84. The summed E-state index contributed by atoms with van der Waals surface area (Å²) in [5.74, 6) is 0.965. The van der Waals surface area contributed by atoms with Gasteiger partial charge in [0.05, 0.1) is 6.10 Å². The standard InChI is InChI=1S/C22H23FN4O2/c1-14(2)29-18-10-8-17(9-11-18)27-22(28)20-12-21(26-15(3)25-20)24-13-16-6-4-5-7-19(16)23/h4-12,14H,13H2,1-3H3,(H,27,28)(H,24,25,26). The van der Waals surface area contributed by atoms with Gasteiger partial charge in [-0.2, -0.15) is 0 Å². The minimum absolute atomic E-state index is 0.0784. The number of carbonyl (C=O) groups excluding carboxylic acids is 1. The molecule has 2 N–H and O–H groups in total. The minimum atomic E-state index is -0.359. The molecule has 6 nitrogen and oxygen atoms in total. The van der Waals surface area contributed by atoms with E-state index < -0.39 is 0 Å². The summed E-state index contributed by atoms with van der Waals surface area (Å²) < 4.78 is 19.4. The number of anilines is 2. The van der Waals surface area contributed by atoms with Gasteiger partial charge in [-0.3, -0.25) is 4.79 Å². The second-order valence-electron chi connectivity index (χ2n) is 6.78. The highest BCUT2D eigenvalue weighted by Crippen LogP contribution is 2.18. The van der Waals surface area contributed by atoms with Crippen LogP contribution in [-0.4, -0.2) is 22.0 Å². The lowest BCUT2D eigenvalue weighted by molar-refractivity contribution is 0.102. The number of hydrogen-bond donors (Lipinski definition) is 2. The smallest absolute Gasteiger partial charge is 0.274 e. The molecule has 0 unspecified atom stereocenters. The lowest BCUT2D eigenvalue weighted by Gasteiger charge is -2.11. The van der Waals surface area contributed by atoms with Crippen molar-refractivity contribution in [3.05, 3.63) is 77.5 Å². The van der Waals surface area contributed by atoms with E-state index >= 15 is 0 Å². The van der Waals surface area contributed by atoms with E-state index in [0.717, 1.165) is 5.75 Å². The predicted octanol–water partition coefficient (Wildman–Crippen LogP) is 4.58. The third-order valence-electron chi connectivity index (χ3n) is 3.97. The second-order valence-corrected chi connectivity index (χ2v) is 6.78. The summed E-state index contributed by atoms with van der Waals surface area (Å²) in [6.07, 6.45) is 0.0784. The third-order valence-corrected chi connectivity index (χ3v) is 3.97. The molecule has 150 valence electrons. The number of aromatic nitrogens is 2. The average molecular weight is 394 g/mol. The molecule has 1 amide bonds. The monoisotopic (exact) mass is 394 g/mol. The first-order valence-electron chi connectivity index (χ1n) is 9.32. The van der Waals surface area contributed by atoms with Gasteiger partial charge in [0.15, 0.2) is 0 Å². The zero-order valence-electron chi connectivity index (χ0n) is 16.6. The minimum Gasteiger partial charge on any atom is -0.491 e. The number of rotatable bonds is 7. The number of hydrogen-bond acceptors (Lipinski definition) is 5. The highest BCUT2D eigenvalue weighted by atomic mass is 19.1. The number of ether oxygens (including phenoxy) is 1. The molecule has 0 radical (unpaired) electrons. The van der Waals surface area contributed by atoms with Crippen LogP contribution in [0.15, 0.2) is 54.6 Å². The van der Waals surface area contributed by atoms with Gasteiger partial charge < -0.3 is 15.4 Å². The Labute approximate surface area is 169 Å². The summed E-state index contributed by atoms with van der Waals surface area (Å²) >= 11 is 0. The van der Waals surface area contributed by atoms with Crippen LogP contribution in [0, 0.1) is 12.7 Å². The molecule has 0 spiro atoms. The van der Waals surface area contributed by atoms with E-state index in [2.05, 4.69) is 20.6 Å². The molecule has 0 bridgehead atoms. The van der Waals surface area contributed by atoms with E-state index in [1.807, 2.05) is 13.8 Å². The Kier molecular flexibility index (Phi) is 6.39. The van der Waals surface area contributed by atoms with Crippen molar-refractivity contribution in [3.8, 4) is 5.75 Å². The van der Waals surface area contributed by atoms with Crippen molar-refractivity contribution in [2.75, 3.05) is 10.6 Å². The van der Waals surface area contributed by atoms with E-state index in [0.29, 0.717) is 22.9 Å². The van der Waals surface area contributed by atoms with Gasteiger partial charge in [-0.15, -0.1) is 0 Å². The SMILES string of the molecule is Cc1nc(NCc2ccccc2F)cc(C(=O)Nc2ccc(OC(C)C)cc2)n1. The number of nitrogens with zero attached hydrogens (tertiary/aromatic N) is 2. The van der Waals surface area contributed by atoms with Gasteiger partial charge in [-0.25, -0.2) is 14.4 Å². The van der Waals surface area contributed by atoms with E-state index in [-0.39, 0.29) is 30.1 Å². The number of amides is 1. The fourth-order valence-corrected chi connectivity index (χ4v) is 2.69. The molecule has 0 saturated heterocycles. The van der Waals surface area contributed by atoms with Crippen LogP contribution in [0.1, 0.15) is 35.7 Å². The van der Waals surface area contributed by atoms with Crippen molar-refractivity contribution in [1.82, 2.24) is 9.97 Å². The normalized spacial score (nSPS) is 10.7. The first kappa shape index (κ1) is 20.3. The molecule has 1 heterocycles. The molecule has 3 rings (SSSR count). The Morgan fingerprint density at radius 1 is 1.10 bits per heavy atom. The van der Waals surface area contributed by atoms with Gasteiger partial charge in [0.2, 0.25) is 0 Å². The summed E-state index contributed by atoms with van der Waals surface area (Å²) in [6.45, 7) is 5.85. The van der Waals surface area contributed by atoms with E-state index in [9.17, 15) is 9.18 Å². The molecule has 0 fully saturated rings. The van der Waals surface area contributed by atoms with E-state index in [4.69, 9.17) is 4.74 Å². The molecular formula is C22H23FN4O2. The number of nitrogens with one attached hydrogen (secondary N) is 2. The second kappa shape index (κ2) is 9.14. The number of halogens is 1. The maximum Gasteiger partial charge on any atom is 0.274 e. The molecular weight excluding hydrogens is 371 g/mol. The predicted molar refractivity (Wildman–Crippen MR) is 111 cm³/mol. The van der Waals surface area contributed by atoms with Crippen LogP contribution in [0.2, 0.25) is 0 Å². The van der Waals surface area contributed by atoms with Gasteiger partial charge in [-0.05, 0) is 51.1 Å². The van der Waals surface area contributed by atoms with Gasteiger partial charge in [0, 0.05) is 23.9 Å². The first-order chi connectivity index (χ1) is 13.9. The van der Waals surface area contributed by atoms with Crippen LogP contribution in [-0.2, 0) is 6.54 Å². The molecule has 0 aliphatic carbocycles. The summed E-state index contributed by atoms with van der Waals surface area (Å²) in [7, 11) is 0. The molecule has 0 aliphatic rings. The highest BCUT2D eigenvalue weighted by Gasteiger charge is 2.12. The number of benzene rings is 2. The van der Waals surface area contributed by atoms with Crippen LogP contribution >= 0.6 is 0 Å². The van der Waals surface area contributed by atoms with Crippen LogP contribution in [0.5, 0.6) is 5.75 Å². The maximum atomic E-state index is 13.8. The Morgan fingerprint density at radius 3 is 2.52 bits per heavy atom. The van der Waals surface area contributed by atoms with Crippen molar-refractivity contribution in [2.45, 2.75) is 33.4 Å². The van der Waals surface area contributed by atoms with Crippen molar-refractivity contribution in [1.29, 1.82) is 0 Å². The van der Waals surface area contributed by atoms with Gasteiger partial charge in [0.25, 0.3) is 5.91 Å². The molecule has 0 saturated carbocycles. The molecule has 7 heteroatoms. The zero-order valence-corrected chi connectivity index (χ0v) is 16.6. The molecule has 0 atom stereocenters. The molecule has 2 aromatic carbocycles. The van der Waals surface area contributed by atoms with Gasteiger partial charge in [0.1, 0.15) is 28.9 Å². The Hall–Kier alpha value is -3.48. The average Bonchev–Trinajstić information content (AvgIpc) is 2.68. The lowest BCUT2D eigenvalue weighted by Crippen LogP contribution is -2.16. The zero-order chi connectivity index (χ0) is 20.8. The van der Waals surface area contributed by atoms with Crippen molar-refractivity contribution >= 4 is 17.4 Å². The van der Waals surface area contributed by atoms with Crippen LogP contribution in [0.25, 0.3) is 0 Å². The number of aryl methyl sites for hydroxylation is 1. The fraction of sp³-hybridized carbons (Fsp3) is 0.227. The summed E-state index contributed by atoms with van der Waals surface area (Å²) in [4.78, 5) is 21.1. The quantitative estimate of drug-likeness (QED) is 0.614. The van der Waals surface area contributed by atoms with Crippen LogP contribution in [0.3, 0.4) is 0 Å². The Morgan fingerprint density at radius 2 is 1.83 bits per heavy atom. The highest BCUT2D eigenvalue weighted by molar-refractivity contribution is 6.03. The largest absolute Gasteiger partial charge is 0.491 e. The van der Waals surface area contributed by atoms with E-state index in [1.54, 1.807) is 55.5 Å². The lowest BCUT2D eigenvalue weighted by atomic mass is 10.2. The number of carbonyl (C=O) groups is 1. The molecule has 29 heavy (non-hydrogen) atoms. The van der Waals surface area contributed by atoms with Crippen molar-refractivity contribution in [3.63, 3.8) is 0 Å². The van der Waals surface area contributed by atoms with Crippen LogP contribution < -0.4 is 15.4 Å². The van der Waals surface area contributed by atoms with E-state index in [1.165, 1.54) is 6.07 Å². The molecule has 0 aliphatic heterocycles. The van der Waals surface area contributed by atoms with Crippen LogP contribution in [0.4, 0.5) is 15.9 Å². The van der Waals surface area contributed by atoms with Gasteiger partial charge in [-0.1, -0.05) is 18.2 Å². The maximum absolute atomic E-state index is 13.8. The first-order valence-corrected chi connectivity index (χ1v) is 9.32. The van der Waals surface area contributed by atoms with Crippen molar-refractivity contribution < 1.29 is 13.9 Å². The van der Waals surface area contributed by atoms with Crippen molar-refractivity contribution in [2.24, 2.45) is 0 Å². The Balaban J connectivity index is 1.68.